The van der Waals surface area contributed by atoms with Crippen LogP contribution in [0.15, 0.2) is 21.5 Å². The van der Waals surface area contributed by atoms with Crippen LogP contribution in [0.2, 0.25) is 0 Å². The molecule has 2 saturated heterocycles. The first kappa shape index (κ1) is 20.2. The first-order chi connectivity index (χ1) is 13.2. The minimum Gasteiger partial charge on any atom is -0.465 e. The van der Waals surface area contributed by atoms with Gasteiger partial charge in [0.15, 0.2) is 5.96 Å². The standard InChI is InChI=1S/C20H35N5O2/c1-4-24-9-5-6-17(24)14-22-20(21-3)23-15-18(19-8-7-16(2)27-19)25-10-12-26-13-11-25/h7-8,17-18H,4-6,9-15H2,1-3H3,(H2,21,22,23). The van der Waals surface area contributed by atoms with E-state index in [9.17, 15) is 0 Å². The van der Waals surface area contributed by atoms with E-state index in [-0.39, 0.29) is 6.04 Å². The molecule has 0 spiro atoms. The number of nitrogens with zero attached hydrogens (tertiary/aromatic N) is 3. The first-order valence-electron chi connectivity index (χ1n) is 10.3. The van der Waals surface area contributed by atoms with Gasteiger partial charge in [-0.3, -0.25) is 14.8 Å². The number of hydrogen-bond acceptors (Lipinski definition) is 5. The number of guanidine groups is 1. The molecule has 2 atom stereocenters. The number of furan rings is 1. The Morgan fingerprint density at radius 2 is 2.07 bits per heavy atom. The summed E-state index contributed by atoms with van der Waals surface area (Å²) in [6, 6.07) is 4.91. The zero-order valence-corrected chi connectivity index (χ0v) is 17.0. The van der Waals surface area contributed by atoms with Crippen molar-refractivity contribution in [3.8, 4) is 0 Å². The van der Waals surface area contributed by atoms with Crippen LogP contribution >= 0.6 is 0 Å². The normalized spacial score (nSPS) is 23.5. The Bertz CT molecular complexity index is 597. The first-order valence-corrected chi connectivity index (χ1v) is 10.3. The van der Waals surface area contributed by atoms with Gasteiger partial charge in [0.2, 0.25) is 0 Å². The zero-order valence-electron chi connectivity index (χ0n) is 17.0. The van der Waals surface area contributed by atoms with Gasteiger partial charge in [-0.05, 0) is 45.0 Å². The molecule has 0 bridgehead atoms. The maximum absolute atomic E-state index is 5.95. The van der Waals surface area contributed by atoms with Gasteiger partial charge in [-0.15, -0.1) is 0 Å². The van der Waals surface area contributed by atoms with Crippen LogP contribution in [0.4, 0.5) is 0 Å². The summed E-state index contributed by atoms with van der Waals surface area (Å²) < 4.78 is 11.5. The third-order valence-electron chi connectivity index (χ3n) is 5.67. The van der Waals surface area contributed by atoms with Crippen LogP contribution in [-0.2, 0) is 4.74 Å². The molecule has 0 radical (unpaired) electrons. The molecular weight excluding hydrogens is 342 g/mol. The molecule has 0 saturated carbocycles. The highest BCUT2D eigenvalue weighted by Crippen LogP contribution is 2.23. The van der Waals surface area contributed by atoms with Crippen LogP contribution in [0, 0.1) is 6.92 Å². The van der Waals surface area contributed by atoms with E-state index in [0.717, 1.165) is 63.4 Å². The zero-order chi connectivity index (χ0) is 19.1. The van der Waals surface area contributed by atoms with Crippen molar-refractivity contribution < 1.29 is 9.15 Å². The number of nitrogens with one attached hydrogen (secondary N) is 2. The smallest absolute Gasteiger partial charge is 0.191 e. The van der Waals surface area contributed by atoms with Crippen LogP contribution in [0.1, 0.15) is 37.3 Å². The number of aliphatic imine (C=N–C) groups is 1. The molecule has 1 aromatic heterocycles. The quantitative estimate of drug-likeness (QED) is 0.556. The molecule has 2 N–H and O–H groups in total. The number of hydrogen-bond donors (Lipinski definition) is 2. The van der Waals surface area contributed by atoms with Gasteiger partial charge in [0, 0.05) is 39.3 Å². The highest BCUT2D eigenvalue weighted by atomic mass is 16.5. The second-order valence-electron chi connectivity index (χ2n) is 7.37. The van der Waals surface area contributed by atoms with Crippen molar-refractivity contribution in [2.75, 3.05) is 59.5 Å². The van der Waals surface area contributed by atoms with Gasteiger partial charge in [-0.1, -0.05) is 6.92 Å². The monoisotopic (exact) mass is 377 g/mol. The minimum atomic E-state index is 0.180. The largest absolute Gasteiger partial charge is 0.465 e. The molecule has 2 aliphatic heterocycles. The Hall–Kier alpha value is -1.57. The lowest BCUT2D eigenvalue weighted by Crippen LogP contribution is -2.48. The lowest BCUT2D eigenvalue weighted by atomic mass is 10.1. The molecular formula is C20H35N5O2. The average molecular weight is 378 g/mol. The van der Waals surface area contributed by atoms with E-state index >= 15 is 0 Å². The van der Waals surface area contributed by atoms with Crippen molar-refractivity contribution in [2.24, 2.45) is 4.99 Å². The molecule has 27 heavy (non-hydrogen) atoms. The topological polar surface area (TPSA) is 65.3 Å². The molecule has 3 rings (SSSR count). The predicted octanol–water partition coefficient (Wildman–Crippen LogP) is 1.61. The summed E-state index contributed by atoms with van der Waals surface area (Å²) in [6.07, 6.45) is 2.56. The predicted molar refractivity (Wildman–Crippen MR) is 108 cm³/mol. The fourth-order valence-corrected chi connectivity index (χ4v) is 4.10. The highest BCUT2D eigenvalue weighted by Gasteiger charge is 2.26. The van der Waals surface area contributed by atoms with E-state index in [1.54, 1.807) is 0 Å². The second kappa shape index (κ2) is 10.1. The Labute approximate surface area is 163 Å². The Morgan fingerprint density at radius 3 is 2.74 bits per heavy atom. The molecule has 2 aliphatic rings. The number of morpholine rings is 1. The number of rotatable bonds is 7. The molecule has 2 fully saturated rings. The molecule has 0 aromatic carbocycles. The van der Waals surface area contributed by atoms with Crippen LogP contribution in [0.3, 0.4) is 0 Å². The van der Waals surface area contributed by atoms with Crippen molar-refractivity contribution in [1.82, 2.24) is 20.4 Å². The molecule has 0 aliphatic carbocycles. The number of likely N-dealkylation sites (tertiary alicyclic amines) is 1. The number of likely N-dealkylation sites (N-methyl/N-ethyl adjacent to an activating group) is 1. The Balaban J connectivity index is 1.56. The summed E-state index contributed by atoms with van der Waals surface area (Å²) in [5.74, 6) is 2.82. The van der Waals surface area contributed by atoms with Crippen LogP contribution < -0.4 is 10.6 Å². The van der Waals surface area contributed by atoms with Gasteiger partial charge >= 0.3 is 0 Å². The van der Waals surface area contributed by atoms with Gasteiger partial charge in [0.1, 0.15) is 11.5 Å². The number of ether oxygens (including phenoxy) is 1. The maximum atomic E-state index is 5.95. The van der Waals surface area contributed by atoms with Crippen molar-refractivity contribution >= 4 is 5.96 Å². The van der Waals surface area contributed by atoms with Crippen LogP contribution in [0.5, 0.6) is 0 Å². The summed E-state index contributed by atoms with van der Waals surface area (Å²) in [4.78, 5) is 9.39. The maximum Gasteiger partial charge on any atom is 0.191 e. The van der Waals surface area contributed by atoms with Crippen molar-refractivity contribution in [1.29, 1.82) is 0 Å². The third kappa shape index (κ3) is 5.46. The summed E-state index contributed by atoms with van der Waals surface area (Å²) in [6.45, 7) is 11.7. The molecule has 7 nitrogen and oxygen atoms in total. The van der Waals surface area contributed by atoms with Crippen LogP contribution in [0.25, 0.3) is 0 Å². The van der Waals surface area contributed by atoms with E-state index in [2.05, 4.69) is 38.4 Å². The second-order valence-corrected chi connectivity index (χ2v) is 7.37. The molecule has 7 heteroatoms. The molecule has 1 aromatic rings. The highest BCUT2D eigenvalue weighted by molar-refractivity contribution is 5.79. The van der Waals surface area contributed by atoms with E-state index in [1.807, 2.05) is 20.0 Å². The van der Waals surface area contributed by atoms with Gasteiger partial charge in [0.25, 0.3) is 0 Å². The average Bonchev–Trinajstić information content (AvgIpc) is 3.34. The Morgan fingerprint density at radius 1 is 1.26 bits per heavy atom. The van der Waals surface area contributed by atoms with Crippen molar-refractivity contribution in [2.45, 2.75) is 38.8 Å². The van der Waals surface area contributed by atoms with Crippen molar-refractivity contribution in [3.63, 3.8) is 0 Å². The number of aryl methyl sites for hydroxylation is 1. The van der Waals surface area contributed by atoms with Gasteiger partial charge < -0.3 is 19.8 Å². The minimum absolute atomic E-state index is 0.180. The summed E-state index contributed by atoms with van der Waals surface area (Å²) >= 11 is 0. The van der Waals surface area contributed by atoms with E-state index in [1.165, 1.54) is 19.4 Å². The van der Waals surface area contributed by atoms with Crippen molar-refractivity contribution in [3.05, 3.63) is 23.7 Å². The molecule has 0 amide bonds. The fraction of sp³-hybridized carbons (Fsp3) is 0.750. The van der Waals surface area contributed by atoms with E-state index in [0.29, 0.717) is 6.04 Å². The molecule has 2 unspecified atom stereocenters. The SMILES string of the molecule is CCN1CCCC1CNC(=NC)NCC(c1ccc(C)o1)N1CCOCC1. The van der Waals surface area contributed by atoms with Crippen LogP contribution in [-0.4, -0.2) is 81.3 Å². The fourth-order valence-electron chi connectivity index (χ4n) is 4.10. The Kier molecular flexibility index (Phi) is 7.55. The lowest BCUT2D eigenvalue weighted by Gasteiger charge is -2.33. The van der Waals surface area contributed by atoms with Gasteiger partial charge in [0.05, 0.1) is 19.3 Å². The van der Waals surface area contributed by atoms with E-state index < -0.39 is 0 Å². The van der Waals surface area contributed by atoms with Gasteiger partial charge in [-0.2, -0.15) is 0 Å². The summed E-state index contributed by atoms with van der Waals surface area (Å²) in [7, 11) is 1.84. The summed E-state index contributed by atoms with van der Waals surface area (Å²) in [5, 5.41) is 7.02. The lowest BCUT2D eigenvalue weighted by molar-refractivity contribution is 0.0124. The van der Waals surface area contributed by atoms with E-state index in [4.69, 9.17) is 9.15 Å². The molecule has 152 valence electrons. The molecule has 3 heterocycles. The van der Waals surface area contributed by atoms with Gasteiger partial charge in [-0.25, -0.2) is 0 Å². The summed E-state index contributed by atoms with van der Waals surface area (Å²) in [5.41, 5.74) is 0. The third-order valence-corrected chi connectivity index (χ3v) is 5.67.